The van der Waals surface area contributed by atoms with Gasteiger partial charge in [0.2, 0.25) is 0 Å². The lowest BCUT2D eigenvalue weighted by Crippen LogP contribution is -2.41. The number of carboxylic acid groups (broad SMARTS) is 1. The summed E-state index contributed by atoms with van der Waals surface area (Å²) in [5.74, 6) is -1.35. The molecule has 2 rings (SSSR count). The molecule has 2 aromatic heterocycles. The van der Waals surface area contributed by atoms with Gasteiger partial charge in [0, 0.05) is 6.20 Å². The fourth-order valence-corrected chi connectivity index (χ4v) is 2.19. The lowest BCUT2D eigenvalue weighted by Gasteiger charge is -2.16. The van der Waals surface area contributed by atoms with Gasteiger partial charge < -0.3 is 14.9 Å². The number of pyridine rings is 1. The van der Waals surface area contributed by atoms with Crippen molar-refractivity contribution in [3.8, 4) is 0 Å². The first kappa shape index (κ1) is 15.9. The standard InChI is InChI=1S/C15H19N3O4/c1-4-11-10-6-9(7-16-14(10)22-18-11)13(19)17-12(15(20)21)5-8(2)3/h6-8,12H,4-5H2,1-3H3,(H,17,19)(H,20,21). The zero-order valence-electron chi connectivity index (χ0n) is 12.8. The smallest absolute Gasteiger partial charge is 0.326 e. The number of amides is 1. The van der Waals surface area contributed by atoms with E-state index in [-0.39, 0.29) is 5.92 Å². The average molecular weight is 305 g/mol. The number of fused-ring (bicyclic) bond motifs is 1. The van der Waals surface area contributed by atoms with Crippen LogP contribution < -0.4 is 5.32 Å². The molecule has 0 aliphatic carbocycles. The number of carbonyl (C=O) groups excluding carboxylic acids is 1. The van der Waals surface area contributed by atoms with Crippen LogP contribution in [-0.2, 0) is 11.2 Å². The van der Waals surface area contributed by atoms with Crippen molar-refractivity contribution in [1.82, 2.24) is 15.5 Å². The molecule has 0 fully saturated rings. The molecule has 0 saturated heterocycles. The number of nitrogens with one attached hydrogen (secondary N) is 1. The van der Waals surface area contributed by atoms with E-state index in [0.29, 0.717) is 35.2 Å². The van der Waals surface area contributed by atoms with Crippen LogP contribution in [0.15, 0.2) is 16.8 Å². The summed E-state index contributed by atoms with van der Waals surface area (Å²) in [4.78, 5) is 27.5. The Balaban J connectivity index is 2.22. The maximum Gasteiger partial charge on any atom is 0.326 e. The van der Waals surface area contributed by atoms with Gasteiger partial charge in [-0.25, -0.2) is 9.78 Å². The molecule has 2 heterocycles. The summed E-state index contributed by atoms with van der Waals surface area (Å²) in [6.45, 7) is 5.73. The Labute approximate surface area is 127 Å². The summed E-state index contributed by atoms with van der Waals surface area (Å²) < 4.78 is 5.06. The number of aromatic nitrogens is 2. The highest BCUT2D eigenvalue weighted by Crippen LogP contribution is 2.18. The molecule has 7 nitrogen and oxygen atoms in total. The van der Waals surface area contributed by atoms with Crippen LogP contribution >= 0.6 is 0 Å². The van der Waals surface area contributed by atoms with Gasteiger partial charge in [0.15, 0.2) is 0 Å². The van der Waals surface area contributed by atoms with Gasteiger partial charge in [0.05, 0.1) is 16.6 Å². The normalized spacial score (nSPS) is 12.5. The molecule has 0 bridgehead atoms. The van der Waals surface area contributed by atoms with Crippen LogP contribution in [0.4, 0.5) is 0 Å². The van der Waals surface area contributed by atoms with Gasteiger partial charge in [-0.15, -0.1) is 0 Å². The molecule has 1 unspecified atom stereocenters. The van der Waals surface area contributed by atoms with Crippen LogP contribution in [0.3, 0.4) is 0 Å². The van der Waals surface area contributed by atoms with Crippen LogP contribution in [0, 0.1) is 5.92 Å². The van der Waals surface area contributed by atoms with Gasteiger partial charge in [-0.05, 0) is 24.8 Å². The Morgan fingerprint density at radius 1 is 1.41 bits per heavy atom. The monoisotopic (exact) mass is 305 g/mol. The highest BCUT2D eigenvalue weighted by Gasteiger charge is 2.22. The van der Waals surface area contributed by atoms with Crippen molar-refractivity contribution in [3.05, 3.63) is 23.5 Å². The van der Waals surface area contributed by atoms with E-state index in [0.717, 1.165) is 0 Å². The van der Waals surface area contributed by atoms with E-state index < -0.39 is 17.9 Å². The zero-order chi connectivity index (χ0) is 16.3. The summed E-state index contributed by atoms with van der Waals surface area (Å²) in [5.41, 5.74) is 1.37. The molecule has 2 aromatic rings. The Bertz CT molecular complexity index is 693. The van der Waals surface area contributed by atoms with Crippen molar-refractivity contribution in [1.29, 1.82) is 0 Å². The van der Waals surface area contributed by atoms with Crippen LogP contribution in [0.2, 0.25) is 0 Å². The number of carboxylic acids is 1. The second-order valence-electron chi connectivity index (χ2n) is 5.55. The quantitative estimate of drug-likeness (QED) is 0.845. The third-order valence-corrected chi connectivity index (χ3v) is 3.31. The molecule has 7 heteroatoms. The maximum atomic E-state index is 12.2. The van der Waals surface area contributed by atoms with Gasteiger partial charge in [-0.3, -0.25) is 4.79 Å². The van der Waals surface area contributed by atoms with Crippen molar-refractivity contribution in [3.63, 3.8) is 0 Å². The first-order valence-corrected chi connectivity index (χ1v) is 7.20. The molecule has 1 amide bonds. The Morgan fingerprint density at radius 3 is 2.73 bits per heavy atom. The molecule has 0 saturated carbocycles. The van der Waals surface area contributed by atoms with E-state index in [1.807, 2.05) is 20.8 Å². The Morgan fingerprint density at radius 2 is 2.14 bits per heavy atom. The third-order valence-electron chi connectivity index (χ3n) is 3.31. The topological polar surface area (TPSA) is 105 Å². The highest BCUT2D eigenvalue weighted by atomic mass is 16.5. The Kier molecular flexibility index (Phi) is 4.75. The lowest BCUT2D eigenvalue weighted by atomic mass is 10.0. The zero-order valence-corrected chi connectivity index (χ0v) is 12.8. The first-order chi connectivity index (χ1) is 10.4. The van der Waals surface area contributed by atoms with E-state index >= 15 is 0 Å². The van der Waals surface area contributed by atoms with Crippen molar-refractivity contribution >= 4 is 23.0 Å². The fraction of sp³-hybridized carbons (Fsp3) is 0.467. The minimum absolute atomic E-state index is 0.159. The predicted octanol–water partition coefficient (Wildman–Crippen LogP) is 2.01. The molecule has 0 spiro atoms. The summed E-state index contributed by atoms with van der Waals surface area (Å²) in [7, 11) is 0. The molecule has 0 aromatic carbocycles. The Hall–Kier alpha value is -2.44. The minimum atomic E-state index is -1.05. The number of hydrogen-bond acceptors (Lipinski definition) is 5. The van der Waals surface area contributed by atoms with Gasteiger partial charge in [-0.1, -0.05) is 25.9 Å². The van der Waals surface area contributed by atoms with Crippen LogP contribution in [0.1, 0.15) is 43.2 Å². The molecule has 1 atom stereocenters. The highest BCUT2D eigenvalue weighted by molar-refractivity contribution is 5.98. The molecule has 0 aliphatic heterocycles. The molecule has 118 valence electrons. The van der Waals surface area contributed by atoms with E-state index in [1.165, 1.54) is 6.20 Å². The lowest BCUT2D eigenvalue weighted by molar-refractivity contribution is -0.139. The molecular formula is C15H19N3O4. The van der Waals surface area contributed by atoms with Crippen LogP contribution in [-0.4, -0.2) is 33.2 Å². The molecule has 0 aliphatic rings. The third kappa shape index (κ3) is 3.41. The molecule has 22 heavy (non-hydrogen) atoms. The first-order valence-electron chi connectivity index (χ1n) is 7.20. The van der Waals surface area contributed by atoms with Crippen molar-refractivity contribution in [2.45, 2.75) is 39.7 Å². The fourth-order valence-electron chi connectivity index (χ4n) is 2.19. The number of aryl methyl sites for hydroxylation is 1. The van der Waals surface area contributed by atoms with Crippen molar-refractivity contribution < 1.29 is 19.2 Å². The minimum Gasteiger partial charge on any atom is -0.480 e. The van der Waals surface area contributed by atoms with Gasteiger partial charge in [-0.2, -0.15) is 0 Å². The SMILES string of the molecule is CCc1noc2ncc(C(=O)NC(CC(C)C)C(=O)O)cc12. The van der Waals surface area contributed by atoms with Gasteiger partial charge in [0.25, 0.3) is 11.6 Å². The maximum absolute atomic E-state index is 12.2. The number of aliphatic carboxylic acids is 1. The van der Waals surface area contributed by atoms with E-state index in [2.05, 4.69) is 15.5 Å². The van der Waals surface area contributed by atoms with E-state index in [4.69, 9.17) is 4.52 Å². The van der Waals surface area contributed by atoms with Crippen molar-refractivity contribution in [2.75, 3.05) is 0 Å². The number of hydrogen-bond donors (Lipinski definition) is 2. The molecule has 2 N–H and O–H groups in total. The van der Waals surface area contributed by atoms with Crippen LogP contribution in [0.5, 0.6) is 0 Å². The number of carbonyl (C=O) groups is 2. The van der Waals surface area contributed by atoms with Gasteiger partial charge in [0.1, 0.15) is 6.04 Å². The number of rotatable bonds is 6. The van der Waals surface area contributed by atoms with Crippen molar-refractivity contribution in [2.24, 2.45) is 5.92 Å². The van der Waals surface area contributed by atoms with E-state index in [9.17, 15) is 14.7 Å². The molecule has 0 radical (unpaired) electrons. The second-order valence-corrected chi connectivity index (χ2v) is 5.55. The number of nitrogens with zero attached hydrogens (tertiary/aromatic N) is 2. The summed E-state index contributed by atoms with van der Waals surface area (Å²) in [6, 6.07) is 0.706. The second kappa shape index (κ2) is 6.55. The molecular weight excluding hydrogens is 286 g/mol. The van der Waals surface area contributed by atoms with Gasteiger partial charge >= 0.3 is 5.97 Å². The average Bonchev–Trinajstić information content (AvgIpc) is 2.87. The summed E-state index contributed by atoms with van der Waals surface area (Å²) >= 11 is 0. The largest absolute Gasteiger partial charge is 0.480 e. The summed E-state index contributed by atoms with van der Waals surface area (Å²) in [6.07, 6.45) is 2.38. The van der Waals surface area contributed by atoms with E-state index in [1.54, 1.807) is 6.07 Å². The van der Waals surface area contributed by atoms with Crippen LogP contribution in [0.25, 0.3) is 11.1 Å². The predicted molar refractivity (Wildman–Crippen MR) is 79.5 cm³/mol. The summed E-state index contributed by atoms with van der Waals surface area (Å²) in [5, 5.41) is 16.3.